The second kappa shape index (κ2) is 4.55. The lowest BCUT2D eigenvalue weighted by Gasteiger charge is -2.10. The maximum Gasteiger partial charge on any atom is 0.220 e. The first kappa shape index (κ1) is 10.3. The standard InChI is InChI=1S/C10H16N4O/c11-4-1-8-7-2-5-15-6-3-9(7)14-10(12)13-8/h1-6,11H2,(H2,12,13,14). The molecule has 0 saturated carbocycles. The van der Waals surface area contributed by atoms with Gasteiger partial charge in [-0.3, -0.25) is 0 Å². The van der Waals surface area contributed by atoms with Crippen LogP contribution in [0.2, 0.25) is 0 Å². The molecule has 0 bridgehead atoms. The molecular weight excluding hydrogens is 192 g/mol. The highest BCUT2D eigenvalue weighted by Crippen LogP contribution is 2.17. The van der Waals surface area contributed by atoms with E-state index in [0.717, 1.165) is 37.3 Å². The zero-order valence-electron chi connectivity index (χ0n) is 8.70. The van der Waals surface area contributed by atoms with Crippen LogP contribution in [0.3, 0.4) is 0 Å². The van der Waals surface area contributed by atoms with Gasteiger partial charge in [-0.05, 0) is 18.5 Å². The molecule has 1 aromatic heterocycles. The van der Waals surface area contributed by atoms with Gasteiger partial charge < -0.3 is 16.2 Å². The molecule has 0 unspecified atom stereocenters. The molecule has 0 amide bonds. The molecule has 5 nitrogen and oxygen atoms in total. The number of nitrogen functional groups attached to an aromatic ring is 1. The normalized spacial score (nSPS) is 15.8. The zero-order valence-corrected chi connectivity index (χ0v) is 8.70. The van der Waals surface area contributed by atoms with E-state index in [4.69, 9.17) is 16.2 Å². The van der Waals surface area contributed by atoms with Crippen molar-refractivity contribution in [3.05, 3.63) is 17.0 Å². The van der Waals surface area contributed by atoms with Gasteiger partial charge in [0.2, 0.25) is 5.95 Å². The van der Waals surface area contributed by atoms with E-state index in [1.165, 1.54) is 5.56 Å². The summed E-state index contributed by atoms with van der Waals surface area (Å²) >= 11 is 0. The molecule has 0 aliphatic carbocycles. The molecule has 5 heteroatoms. The van der Waals surface area contributed by atoms with Crippen molar-refractivity contribution in [2.24, 2.45) is 5.73 Å². The summed E-state index contributed by atoms with van der Waals surface area (Å²) in [6.07, 6.45) is 2.44. The number of ether oxygens (including phenoxy) is 1. The van der Waals surface area contributed by atoms with E-state index in [-0.39, 0.29) is 0 Å². The van der Waals surface area contributed by atoms with Crippen LogP contribution in [0.15, 0.2) is 0 Å². The minimum Gasteiger partial charge on any atom is -0.381 e. The van der Waals surface area contributed by atoms with Crippen molar-refractivity contribution in [2.75, 3.05) is 25.5 Å². The lowest BCUT2D eigenvalue weighted by Crippen LogP contribution is -2.13. The van der Waals surface area contributed by atoms with Gasteiger partial charge in [-0.1, -0.05) is 0 Å². The molecule has 82 valence electrons. The van der Waals surface area contributed by atoms with E-state index < -0.39 is 0 Å². The predicted octanol–water partition coefficient (Wildman–Crippen LogP) is -0.325. The van der Waals surface area contributed by atoms with Gasteiger partial charge in [-0.15, -0.1) is 0 Å². The number of aromatic nitrogens is 2. The second-order valence-corrected chi connectivity index (χ2v) is 3.60. The fraction of sp³-hybridized carbons (Fsp3) is 0.600. The Morgan fingerprint density at radius 3 is 2.80 bits per heavy atom. The average Bonchev–Trinajstić information content (AvgIpc) is 2.43. The Morgan fingerprint density at radius 1 is 1.20 bits per heavy atom. The van der Waals surface area contributed by atoms with Crippen molar-refractivity contribution in [3.8, 4) is 0 Å². The zero-order chi connectivity index (χ0) is 10.7. The minimum absolute atomic E-state index is 0.346. The number of rotatable bonds is 2. The smallest absolute Gasteiger partial charge is 0.220 e. The summed E-state index contributed by atoms with van der Waals surface area (Å²) in [5, 5.41) is 0. The summed E-state index contributed by atoms with van der Waals surface area (Å²) in [6, 6.07) is 0. The van der Waals surface area contributed by atoms with Crippen LogP contribution in [0.1, 0.15) is 17.0 Å². The van der Waals surface area contributed by atoms with Gasteiger partial charge in [0.05, 0.1) is 24.6 Å². The fourth-order valence-corrected chi connectivity index (χ4v) is 1.89. The maximum absolute atomic E-state index is 5.66. The molecule has 4 N–H and O–H groups in total. The van der Waals surface area contributed by atoms with Crippen molar-refractivity contribution < 1.29 is 4.74 Å². The van der Waals surface area contributed by atoms with Crippen molar-refractivity contribution in [1.29, 1.82) is 0 Å². The first-order valence-electron chi connectivity index (χ1n) is 5.23. The first-order chi connectivity index (χ1) is 7.31. The number of fused-ring (bicyclic) bond motifs is 1. The van der Waals surface area contributed by atoms with Crippen LogP contribution >= 0.6 is 0 Å². The molecule has 0 radical (unpaired) electrons. The van der Waals surface area contributed by atoms with E-state index >= 15 is 0 Å². The molecule has 2 heterocycles. The third-order valence-electron chi connectivity index (χ3n) is 2.56. The monoisotopic (exact) mass is 208 g/mol. The highest BCUT2D eigenvalue weighted by atomic mass is 16.5. The minimum atomic E-state index is 0.346. The van der Waals surface area contributed by atoms with Crippen LogP contribution in [-0.4, -0.2) is 29.7 Å². The Hall–Kier alpha value is -1.20. The molecule has 0 spiro atoms. The average molecular weight is 208 g/mol. The van der Waals surface area contributed by atoms with Gasteiger partial charge in [0.1, 0.15) is 0 Å². The van der Waals surface area contributed by atoms with Crippen LogP contribution in [0, 0.1) is 0 Å². The van der Waals surface area contributed by atoms with E-state index in [1.54, 1.807) is 0 Å². The molecule has 2 rings (SSSR count). The highest BCUT2D eigenvalue weighted by molar-refractivity contribution is 5.33. The number of hydrogen-bond acceptors (Lipinski definition) is 5. The Labute approximate surface area is 88.8 Å². The van der Waals surface area contributed by atoms with Gasteiger partial charge in [0.15, 0.2) is 0 Å². The van der Waals surface area contributed by atoms with Crippen LogP contribution in [0.4, 0.5) is 5.95 Å². The Morgan fingerprint density at radius 2 is 2.00 bits per heavy atom. The summed E-state index contributed by atoms with van der Waals surface area (Å²) in [7, 11) is 0. The van der Waals surface area contributed by atoms with Gasteiger partial charge in [-0.25, -0.2) is 9.97 Å². The number of anilines is 1. The summed E-state index contributed by atoms with van der Waals surface area (Å²) in [5.74, 6) is 0.346. The number of hydrogen-bond donors (Lipinski definition) is 2. The summed E-state index contributed by atoms with van der Waals surface area (Å²) in [4.78, 5) is 8.51. The highest BCUT2D eigenvalue weighted by Gasteiger charge is 2.15. The maximum atomic E-state index is 5.66. The van der Waals surface area contributed by atoms with Gasteiger partial charge in [0, 0.05) is 12.8 Å². The molecule has 15 heavy (non-hydrogen) atoms. The Bertz CT molecular complexity index is 354. The van der Waals surface area contributed by atoms with Crippen molar-refractivity contribution >= 4 is 5.95 Å². The molecule has 0 aromatic carbocycles. The third-order valence-corrected chi connectivity index (χ3v) is 2.56. The SMILES string of the molecule is NCCc1nc(N)nc2c1CCOCC2. The lowest BCUT2D eigenvalue weighted by atomic mass is 10.0. The van der Waals surface area contributed by atoms with Crippen LogP contribution < -0.4 is 11.5 Å². The molecule has 1 aliphatic rings. The van der Waals surface area contributed by atoms with Crippen LogP contribution in [0.5, 0.6) is 0 Å². The lowest BCUT2D eigenvalue weighted by molar-refractivity contribution is 0.146. The van der Waals surface area contributed by atoms with Crippen molar-refractivity contribution in [1.82, 2.24) is 9.97 Å². The molecule has 0 atom stereocenters. The largest absolute Gasteiger partial charge is 0.381 e. The summed E-state index contributed by atoms with van der Waals surface area (Å²) < 4.78 is 5.41. The first-order valence-corrected chi connectivity index (χ1v) is 5.23. The molecule has 0 fully saturated rings. The van der Waals surface area contributed by atoms with Gasteiger partial charge in [-0.2, -0.15) is 0 Å². The van der Waals surface area contributed by atoms with Crippen molar-refractivity contribution in [3.63, 3.8) is 0 Å². The van der Waals surface area contributed by atoms with Gasteiger partial charge >= 0.3 is 0 Å². The molecular formula is C10H16N4O. The van der Waals surface area contributed by atoms with Crippen LogP contribution in [0.25, 0.3) is 0 Å². The predicted molar refractivity (Wildman–Crippen MR) is 57.4 cm³/mol. The molecule has 0 saturated heterocycles. The number of nitrogens with two attached hydrogens (primary N) is 2. The summed E-state index contributed by atoms with van der Waals surface area (Å²) in [5.41, 5.74) is 14.4. The van der Waals surface area contributed by atoms with E-state index in [1.807, 2.05) is 0 Å². The fourth-order valence-electron chi connectivity index (χ4n) is 1.89. The molecule has 1 aliphatic heterocycles. The van der Waals surface area contributed by atoms with Crippen molar-refractivity contribution in [2.45, 2.75) is 19.3 Å². The number of nitrogens with zero attached hydrogens (tertiary/aromatic N) is 2. The van der Waals surface area contributed by atoms with E-state index in [2.05, 4.69) is 9.97 Å². The van der Waals surface area contributed by atoms with E-state index in [9.17, 15) is 0 Å². The van der Waals surface area contributed by atoms with Crippen LogP contribution in [-0.2, 0) is 24.0 Å². The third kappa shape index (κ3) is 2.24. The Balaban J connectivity index is 2.40. The second-order valence-electron chi connectivity index (χ2n) is 3.60. The molecule has 1 aromatic rings. The van der Waals surface area contributed by atoms with E-state index in [0.29, 0.717) is 19.1 Å². The van der Waals surface area contributed by atoms with Gasteiger partial charge in [0.25, 0.3) is 0 Å². The summed E-state index contributed by atoms with van der Waals surface area (Å²) in [6.45, 7) is 2.03. The Kier molecular flexibility index (Phi) is 3.13. The topological polar surface area (TPSA) is 87.0 Å². The quantitative estimate of drug-likeness (QED) is 0.695.